The fraction of sp³-hybridized carbons (Fsp3) is 0.133. The van der Waals surface area contributed by atoms with Gasteiger partial charge in [-0.15, -0.1) is 0 Å². The highest BCUT2D eigenvalue weighted by Crippen LogP contribution is 2.18. The topological polar surface area (TPSA) is 49.9 Å². The van der Waals surface area contributed by atoms with Gasteiger partial charge in [-0.05, 0) is 35.9 Å². The molecule has 0 aliphatic rings. The van der Waals surface area contributed by atoms with Gasteiger partial charge in [0.2, 0.25) is 0 Å². The summed E-state index contributed by atoms with van der Waals surface area (Å²) in [5.41, 5.74) is 3.33. The maximum atomic E-state index is 5.14. The van der Waals surface area contributed by atoms with Crippen LogP contribution in [0.2, 0.25) is 0 Å². The Balaban J connectivity index is 1.70. The number of nitrogens with one attached hydrogen (secondary N) is 2. The van der Waals surface area contributed by atoms with Crippen LogP contribution in [0.4, 0.5) is 5.69 Å². The van der Waals surface area contributed by atoms with Crippen LogP contribution in [0.25, 0.3) is 10.9 Å². The van der Waals surface area contributed by atoms with Crippen molar-refractivity contribution in [2.24, 2.45) is 0 Å². The minimum atomic E-state index is 0.781. The first-order valence-electron chi connectivity index (χ1n) is 6.15. The molecule has 4 nitrogen and oxygen atoms in total. The summed E-state index contributed by atoms with van der Waals surface area (Å²) in [4.78, 5) is 0. The molecular formula is C15H15N3O. The van der Waals surface area contributed by atoms with Gasteiger partial charge in [-0.2, -0.15) is 5.10 Å². The van der Waals surface area contributed by atoms with E-state index in [2.05, 4.69) is 45.8 Å². The number of nitrogens with zero attached hydrogens (tertiary/aromatic N) is 1. The van der Waals surface area contributed by atoms with E-state index in [0.717, 1.165) is 28.9 Å². The molecule has 0 saturated heterocycles. The molecule has 0 spiro atoms. The summed E-state index contributed by atoms with van der Waals surface area (Å²) in [6.45, 7) is 0.781. The Morgan fingerprint density at radius 1 is 1.16 bits per heavy atom. The number of ether oxygens (including phenoxy) is 1. The number of hydrogen-bond donors (Lipinski definition) is 2. The van der Waals surface area contributed by atoms with Gasteiger partial charge in [0, 0.05) is 17.6 Å². The number of hydrogen-bond acceptors (Lipinski definition) is 3. The molecule has 0 saturated carbocycles. The Morgan fingerprint density at radius 3 is 2.79 bits per heavy atom. The molecule has 0 fully saturated rings. The zero-order valence-corrected chi connectivity index (χ0v) is 10.7. The van der Waals surface area contributed by atoms with Crippen molar-refractivity contribution in [2.45, 2.75) is 6.54 Å². The first kappa shape index (κ1) is 11.6. The molecule has 4 heteroatoms. The number of rotatable bonds is 4. The number of aromatic amines is 1. The predicted molar refractivity (Wildman–Crippen MR) is 76.4 cm³/mol. The smallest absolute Gasteiger partial charge is 0.118 e. The average molecular weight is 253 g/mol. The molecule has 3 rings (SSSR count). The van der Waals surface area contributed by atoms with E-state index in [1.807, 2.05) is 18.3 Å². The van der Waals surface area contributed by atoms with Crippen LogP contribution in [0, 0.1) is 0 Å². The number of H-pyrrole nitrogens is 1. The fourth-order valence-electron chi connectivity index (χ4n) is 1.99. The quantitative estimate of drug-likeness (QED) is 0.750. The Kier molecular flexibility index (Phi) is 3.06. The summed E-state index contributed by atoms with van der Waals surface area (Å²) >= 11 is 0. The summed E-state index contributed by atoms with van der Waals surface area (Å²) in [5.74, 6) is 0.877. The van der Waals surface area contributed by atoms with Crippen LogP contribution in [-0.4, -0.2) is 17.3 Å². The van der Waals surface area contributed by atoms with Gasteiger partial charge in [0.15, 0.2) is 0 Å². The lowest BCUT2D eigenvalue weighted by Gasteiger charge is -2.07. The van der Waals surface area contributed by atoms with Crippen LogP contribution in [0.5, 0.6) is 5.75 Å². The molecule has 0 radical (unpaired) electrons. The van der Waals surface area contributed by atoms with Gasteiger partial charge in [-0.25, -0.2) is 0 Å². The van der Waals surface area contributed by atoms with E-state index < -0.39 is 0 Å². The maximum absolute atomic E-state index is 5.14. The number of aromatic nitrogens is 2. The van der Waals surface area contributed by atoms with Gasteiger partial charge in [-0.1, -0.05) is 12.1 Å². The van der Waals surface area contributed by atoms with E-state index in [9.17, 15) is 0 Å². The molecule has 0 unspecified atom stereocenters. The minimum absolute atomic E-state index is 0.781. The minimum Gasteiger partial charge on any atom is -0.497 e. The highest BCUT2D eigenvalue weighted by molar-refractivity contribution is 5.81. The molecule has 1 heterocycles. The van der Waals surface area contributed by atoms with Gasteiger partial charge in [0.25, 0.3) is 0 Å². The summed E-state index contributed by atoms with van der Waals surface area (Å²) in [6.07, 6.45) is 1.82. The Bertz CT molecular complexity index is 673. The van der Waals surface area contributed by atoms with Crippen molar-refractivity contribution in [1.82, 2.24) is 10.2 Å². The van der Waals surface area contributed by atoms with Gasteiger partial charge in [-0.3, -0.25) is 5.10 Å². The van der Waals surface area contributed by atoms with Crippen LogP contribution < -0.4 is 10.1 Å². The zero-order valence-electron chi connectivity index (χ0n) is 10.7. The third-order valence-electron chi connectivity index (χ3n) is 3.10. The van der Waals surface area contributed by atoms with Gasteiger partial charge >= 0.3 is 0 Å². The summed E-state index contributed by atoms with van der Waals surface area (Å²) in [6, 6.07) is 14.2. The zero-order chi connectivity index (χ0) is 13.1. The molecule has 3 aromatic rings. The third-order valence-corrected chi connectivity index (χ3v) is 3.10. The highest BCUT2D eigenvalue weighted by atomic mass is 16.5. The highest BCUT2D eigenvalue weighted by Gasteiger charge is 1.98. The lowest BCUT2D eigenvalue weighted by Crippen LogP contribution is -1.99. The molecule has 0 bridgehead atoms. The summed E-state index contributed by atoms with van der Waals surface area (Å²) in [7, 11) is 1.67. The summed E-state index contributed by atoms with van der Waals surface area (Å²) in [5, 5.41) is 11.5. The molecule has 0 aliphatic heterocycles. The van der Waals surface area contributed by atoms with E-state index in [0.29, 0.717) is 0 Å². The Morgan fingerprint density at radius 2 is 2.00 bits per heavy atom. The van der Waals surface area contributed by atoms with E-state index in [1.165, 1.54) is 5.56 Å². The van der Waals surface area contributed by atoms with Crippen LogP contribution in [0.15, 0.2) is 48.7 Å². The van der Waals surface area contributed by atoms with Crippen molar-refractivity contribution >= 4 is 16.6 Å². The van der Waals surface area contributed by atoms with Gasteiger partial charge in [0.05, 0.1) is 18.8 Å². The maximum Gasteiger partial charge on any atom is 0.118 e. The van der Waals surface area contributed by atoms with Crippen molar-refractivity contribution in [2.75, 3.05) is 12.4 Å². The Labute approximate surface area is 111 Å². The van der Waals surface area contributed by atoms with E-state index in [-0.39, 0.29) is 0 Å². The first-order valence-corrected chi connectivity index (χ1v) is 6.15. The van der Waals surface area contributed by atoms with Crippen LogP contribution in [-0.2, 0) is 6.54 Å². The van der Waals surface area contributed by atoms with Crippen molar-refractivity contribution in [3.05, 3.63) is 54.2 Å². The molecule has 1 aromatic heterocycles. The third kappa shape index (κ3) is 2.52. The average Bonchev–Trinajstić information content (AvgIpc) is 2.93. The second kappa shape index (κ2) is 5.02. The lowest BCUT2D eigenvalue weighted by atomic mass is 10.2. The lowest BCUT2D eigenvalue weighted by molar-refractivity contribution is 0.414. The number of benzene rings is 2. The van der Waals surface area contributed by atoms with Crippen LogP contribution in [0.3, 0.4) is 0 Å². The summed E-state index contributed by atoms with van der Waals surface area (Å²) < 4.78 is 5.14. The molecule has 0 aliphatic carbocycles. The van der Waals surface area contributed by atoms with Crippen molar-refractivity contribution in [1.29, 1.82) is 0 Å². The number of methoxy groups -OCH3 is 1. The molecule has 19 heavy (non-hydrogen) atoms. The van der Waals surface area contributed by atoms with Gasteiger partial charge < -0.3 is 10.1 Å². The largest absolute Gasteiger partial charge is 0.497 e. The Hall–Kier alpha value is -2.49. The predicted octanol–water partition coefficient (Wildman–Crippen LogP) is 3.18. The SMILES string of the molecule is COc1ccc(CNc2ccc3cn[nH]c3c2)cc1. The van der Waals surface area contributed by atoms with E-state index in [1.54, 1.807) is 7.11 Å². The second-order valence-electron chi connectivity index (χ2n) is 4.37. The van der Waals surface area contributed by atoms with Crippen molar-refractivity contribution in [3.8, 4) is 5.75 Å². The molecule has 96 valence electrons. The molecule has 0 amide bonds. The van der Waals surface area contributed by atoms with E-state index in [4.69, 9.17) is 4.74 Å². The normalized spacial score (nSPS) is 10.6. The monoisotopic (exact) mass is 253 g/mol. The molecular weight excluding hydrogens is 238 g/mol. The first-order chi connectivity index (χ1) is 9.35. The number of fused-ring (bicyclic) bond motifs is 1. The molecule has 0 atom stereocenters. The molecule has 2 N–H and O–H groups in total. The standard InChI is InChI=1S/C15H15N3O/c1-19-14-6-2-11(3-7-14)9-16-13-5-4-12-10-17-18-15(12)8-13/h2-8,10,16H,9H2,1H3,(H,17,18). The van der Waals surface area contributed by atoms with Gasteiger partial charge in [0.1, 0.15) is 5.75 Å². The van der Waals surface area contributed by atoms with Crippen LogP contribution in [0.1, 0.15) is 5.56 Å². The number of anilines is 1. The molecule has 2 aromatic carbocycles. The second-order valence-corrected chi connectivity index (χ2v) is 4.37. The van der Waals surface area contributed by atoms with Crippen molar-refractivity contribution in [3.63, 3.8) is 0 Å². The van der Waals surface area contributed by atoms with Crippen molar-refractivity contribution < 1.29 is 4.74 Å². The van der Waals surface area contributed by atoms with E-state index >= 15 is 0 Å². The van der Waals surface area contributed by atoms with Crippen LogP contribution >= 0.6 is 0 Å². The fourth-order valence-corrected chi connectivity index (χ4v) is 1.99.